The van der Waals surface area contributed by atoms with E-state index in [-0.39, 0.29) is 17.6 Å². The predicted octanol–water partition coefficient (Wildman–Crippen LogP) is 3.15. The molecule has 2 aromatic rings. The summed E-state index contributed by atoms with van der Waals surface area (Å²) < 4.78 is 0. The molecule has 0 saturated heterocycles. The Balaban J connectivity index is 1.60. The smallest absolute Gasteiger partial charge is 0.226 e. The average Bonchev–Trinajstić information content (AvgIpc) is 3.30. The molecule has 3 nitrogen and oxygen atoms in total. The molecular weight excluding hydrogens is 262 g/mol. The number of hydrogen-bond donors (Lipinski definition) is 1. The van der Waals surface area contributed by atoms with Crippen molar-refractivity contribution in [3.05, 3.63) is 65.7 Å². The zero-order chi connectivity index (χ0) is 14.8. The van der Waals surface area contributed by atoms with Crippen molar-refractivity contribution in [2.45, 2.75) is 18.9 Å². The first-order valence-electron chi connectivity index (χ1n) is 7.23. The second-order valence-corrected chi connectivity index (χ2v) is 5.72. The summed E-state index contributed by atoms with van der Waals surface area (Å²) in [6.45, 7) is 0.580. The van der Waals surface area contributed by atoms with Crippen molar-refractivity contribution < 1.29 is 9.90 Å². The van der Waals surface area contributed by atoms with Gasteiger partial charge in [0.1, 0.15) is 5.75 Å². The molecule has 3 heteroatoms. The molecule has 21 heavy (non-hydrogen) atoms. The van der Waals surface area contributed by atoms with E-state index in [2.05, 4.69) is 12.1 Å². The van der Waals surface area contributed by atoms with Gasteiger partial charge in [-0.25, -0.2) is 0 Å². The molecule has 0 spiro atoms. The van der Waals surface area contributed by atoms with Crippen LogP contribution in [0.2, 0.25) is 0 Å². The van der Waals surface area contributed by atoms with Gasteiger partial charge < -0.3 is 10.0 Å². The minimum absolute atomic E-state index is 0.120. The topological polar surface area (TPSA) is 40.5 Å². The number of nitrogens with zero attached hydrogens (tertiary/aromatic N) is 1. The van der Waals surface area contributed by atoms with Crippen molar-refractivity contribution in [3.63, 3.8) is 0 Å². The maximum absolute atomic E-state index is 12.4. The number of phenolic OH excluding ortho intramolecular Hbond substituents is 1. The van der Waals surface area contributed by atoms with Crippen molar-refractivity contribution in [3.8, 4) is 5.75 Å². The second kappa shape index (κ2) is 5.60. The Morgan fingerprint density at radius 3 is 2.48 bits per heavy atom. The van der Waals surface area contributed by atoms with Crippen LogP contribution in [0.1, 0.15) is 23.5 Å². The molecule has 1 aliphatic rings. The molecule has 1 aliphatic carbocycles. The van der Waals surface area contributed by atoms with Gasteiger partial charge in [0.05, 0.1) is 0 Å². The van der Waals surface area contributed by atoms with Gasteiger partial charge in [-0.05, 0) is 35.6 Å². The van der Waals surface area contributed by atoms with Crippen LogP contribution in [0.5, 0.6) is 5.75 Å². The molecule has 0 heterocycles. The highest BCUT2D eigenvalue weighted by Crippen LogP contribution is 2.48. The van der Waals surface area contributed by atoms with Gasteiger partial charge in [-0.15, -0.1) is 0 Å². The number of carbonyl (C=O) groups is 1. The summed E-state index contributed by atoms with van der Waals surface area (Å²) >= 11 is 0. The minimum Gasteiger partial charge on any atom is -0.508 e. The normalized spacial score (nSPS) is 20.0. The second-order valence-electron chi connectivity index (χ2n) is 5.72. The highest BCUT2D eigenvalue weighted by atomic mass is 16.3. The van der Waals surface area contributed by atoms with Crippen LogP contribution in [0.15, 0.2) is 54.6 Å². The Hall–Kier alpha value is -2.29. The van der Waals surface area contributed by atoms with E-state index in [1.54, 1.807) is 17.0 Å². The lowest BCUT2D eigenvalue weighted by atomic mass is 10.1. The number of amides is 1. The number of phenols is 1. The first kappa shape index (κ1) is 13.7. The summed E-state index contributed by atoms with van der Waals surface area (Å²) in [6, 6.07) is 17.2. The van der Waals surface area contributed by atoms with Gasteiger partial charge in [-0.2, -0.15) is 0 Å². The molecule has 1 saturated carbocycles. The highest BCUT2D eigenvalue weighted by molar-refractivity contribution is 5.82. The molecule has 1 amide bonds. The van der Waals surface area contributed by atoms with Crippen LogP contribution in [0.3, 0.4) is 0 Å². The zero-order valence-electron chi connectivity index (χ0n) is 12.1. The number of hydrogen-bond acceptors (Lipinski definition) is 2. The van der Waals surface area contributed by atoms with E-state index in [0.717, 1.165) is 12.0 Å². The molecule has 1 fully saturated rings. The van der Waals surface area contributed by atoms with Gasteiger partial charge in [0, 0.05) is 19.5 Å². The van der Waals surface area contributed by atoms with Crippen molar-refractivity contribution >= 4 is 5.91 Å². The Labute approximate surface area is 124 Å². The predicted molar refractivity (Wildman–Crippen MR) is 81.9 cm³/mol. The lowest BCUT2D eigenvalue weighted by Gasteiger charge is -2.17. The third-order valence-corrected chi connectivity index (χ3v) is 4.07. The van der Waals surface area contributed by atoms with Crippen molar-refractivity contribution in [2.75, 3.05) is 7.05 Å². The molecule has 0 bridgehead atoms. The van der Waals surface area contributed by atoms with Crippen molar-refractivity contribution in [2.24, 2.45) is 5.92 Å². The van der Waals surface area contributed by atoms with Gasteiger partial charge in [0.25, 0.3) is 0 Å². The third kappa shape index (κ3) is 3.07. The Morgan fingerprint density at radius 1 is 1.14 bits per heavy atom. The van der Waals surface area contributed by atoms with Crippen LogP contribution in [0.25, 0.3) is 0 Å². The van der Waals surface area contributed by atoms with E-state index >= 15 is 0 Å². The van der Waals surface area contributed by atoms with Crippen molar-refractivity contribution in [1.29, 1.82) is 0 Å². The Bertz CT molecular complexity index is 621. The zero-order valence-corrected chi connectivity index (χ0v) is 12.1. The van der Waals surface area contributed by atoms with E-state index in [4.69, 9.17) is 0 Å². The van der Waals surface area contributed by atoms with Crippen molar-refractivity contribution in [1.82, 2.24) is 4.90 Å². The molecular formula is C18H19NO2. The molecule has 2 aromatic carbocycles. The summed E-state index contributed by atoms with van der Waals surface area (Å²) in [7, 11) is 1.84. The van der Waals surface area contributed by atoms with Crippen LogP contribution >= 0.6 is 0 Å². The number of benzene rings is 2. The van der Waals surface area contributed by atoms with E-state index in [1.807, 2.05) is 37.4 Å². The van der Waals surface area contributed by atoms with Gasteiger partial charge in [0.2, 0.25) is 5.91 Å². The number of carbonyl (C=O) groups excluding carboxylic acids is 1. The Kier molecular flexibility index (Phi) is 3.65. The van der Waals surface area contributed by atoms with Crippen LogP contribution < -0.4 is 0 Å². The molecule has 2 atom stereocenters. The van der Waals surface area contributed by atoms with Crippen LogP contribution in [0.4, 0.5) is 0 Å². The number of rotatable bonds is 4. The molecule has 0 aromatic heterocycles. The van der Waals surface area contributed by atoms with Gasteiger partial charge >= 0.3 is 0 Å². The summed E-state index contributed by atoms with van der Waals surface area (Å²) in [4.78, 5) is 14.2. The first-order valence-corrected chi connectivity index (χ1v) is 7.23. The monoisotopic (exact) mass is 281 g/mol. The minimum atomic E-state index is 0.120. The fraction of sp³-hybridized carbons (Fsp3) is 0.278. The van der Waals surface area contributed by atoms with E-state index in [0.29, 0.717) is 12.5 Å². The molecule has 0 aliphatic heterocycles. The maximum atomic E-state index is 12.4. The van der Waals surface area contributed by atoms with E-state index in [9.17, 15) is 9.90 Å². The summed E-state index contributed by atoms with van der Waals surface area (Å²) in [6.07, 6.45) is 0.947. The summed E-state index contributed by atoms with van der Waals surface area (Å²) in [5.41, 5.74) is 2.29. The van der Waals surface area contributed by atoms with E-state index < -0.39 is 0 Å². The van der Waals surface area contributed by atoms with Gasteiger partial charge in [0.15, 0.2) is 0 Å². The summed E-state index contributed by atoms with van der Waals surface area (Å²) in [5, 5.41) is 9.28. The fourth-order valence-electron chi connectivity index (χ4n) is 2.77. The average molecular weight is 281 g/mol. The third-order valence-electron chi connectivity index (χ3n) is 4.07. The lowest BCUT2D eigenvalue weighted by molar-refractivity contribution is -0.131. The van der Waals surface area contributed by atoms with Gasteiger partial charge in [-0.3, -0.25) is 4.79 Å². The quantitative estimate of drug-likeness (QED) is 0.935. The van der Waals surface area contributed by atoms with Crippen LogP contribution in [0, 0.1) is 5.92 Å². The molecule has 0 radical (unpaired) electrons. The largest absolute Gasteiger partial charge is 0.508 e. The maximum Gasteiger partial charge on any atom is 0.226 e. The molecule has 3 rings (SSSR count). The Morgan fingerprint density at radius 2 is 1.81 bits per heavy atom. The SMILES string of the molecule is CN(Cc1ccc(O)cc1)C(=O)C1CC1c1ccccc1. The first-order chi connectivity index (χ1) is 10.1. The molecule has 2 unspecified atom stereocenters. The number of aromatic hydroxyl groups is 1. The molecule has 108 valence electrons. The lowest BCUT2D eigenvalue weighted by Crippen LogP contribution is -2.28. The van der Waals surface area contributed by atoms with Crippen LogP contribution in [-0.2, 0) is 11.3 Å². The van der Waals surface area contributed by atoms with Crippen LogP contribution in [-0.4, -0.2) is 23.0 Å². The standard InChI is InChI=1S/C18H19NO2/c1-19(12-13-7-9-15(20)10-8-13)18(21)17-11-16(17)14-5-3-2-4-6-14/h2-10,16-17,20H,11-12H2,1H3. The fourth-order valence-corrected chi connectivity index (χ4v) is 2.77. The molecule has 1 N–H and O–H groups in total. The highest BCUT2D eigenvalue weighted by Gasteiger charge is 2.44. The summed E-state index contributed by atoms with van der Waals surface area (Å²) in [5.74, 6) is 0.950. The van der Waals surface area contributed by atoms with Gasteiger partial charge in [-0.1, -0.05) is 42.5 Å². The van der Waals surface area contributed by atoms with E-state index in [1.165, 1.54) is 5.56 Å².